The number of carbonyl (C=O) groups is 1. The smallest absolute Gasteiger partial charge is 0.354 e. The summed E-state index contributed by atoms with van der Waals surface area (Å²) in [7, 11) is 1.64. The summed E-state index contributed by atoms with van der Waals surface area (Å²) in [6.07, 6.45) is 0. The van der Waals surface area contributed by atoms with Gasteiger partial charge in [-0.1, -0.05) is 0 Å². The number of H-pyrrole nitrogens is 1. The maximum Gasteiger partial charge on any atom is 0.354 e. The van der Waals surface area contributed by atoms with Crippen molar-refractivity contribution in [2.24, 2.45) is 0 Å². The zero-order valence-electron chi connectivity index (χ0n) is 12.9. The molecule has 0 saturated carbocycles. The van der Waals surface area contributed by atoms with Crippen molar-refractivity contribution in [2.75, 3.05) is 40.1 Å². The molecular weight excluding hydrogens is 286 g/mol. The summed E-state index contributed by atoms with van der Waals surface area (Å²) >= 11 is 0. The number of ether oxygens (including phenoxy) is 4. The molecule has 120 valence electrons. The number of fused-ring (bicyclic) bond motifs is 1. The highest BCUT2D eigenvalue weighted by Crippen LogP contribution is 2.22. The largest absolute Gasteiger partial charge is 0.491 e. The van der Waals surface area contributed by atoms with E-state index in [1.807, 2.05) is 18.2 Å². The second kappa shape index (κ2) is 8.41. The molecule has 0 radical (unpaired) electrons. The minimum atomic E-state index is -0.354. The van der Waals surface area contributed by atoms with Gasteiger partial charge in [0.2, 0.25) is 0 Å². The monoisotopic (exact) mass is 307 g/mol. The van der Waals surface area contributed by atoms with E-state index in [-0.39, 0.29) is 5.97 Å². The highest BCUT2D eigenvalue weighted by molar-refractivity contribution is 5.95. The highest BCUT2D eigenvalue weighted by atomic mass is 16.5. The van der Waals surface area contributed by atoms with Crippen LogP contribution in [0.5, 0.6) is 5.75 Å². The molecule has 6 heteroatoms. The van der Waals surface area contributed by atoms with E-state index >= 15 is 0 Å². The van der Waals surface area contributed by atoms with Crippen LogP contribution in [0.4, 0.5) is 0 Å². The molecule has 0 amide bonds. The van der Waals surface area contributed by atoms with Gasteiger partial charge < -0.3 is 23.9 Å². The summed E-state index contributed by atoms with van der Waals surface area (Å²) in [4.78, 5) is 14.7. The fourth-order valence-electron chi connectivity index (χ4n) is 1.98. The standard InChI is InChI=1S/C16H21NO5/c1-3-21-16(18)15-11-12-10-13(4-5-14(12)17-15)22-9-8-20-7-6-19-2/h4-5,10-11,17H,3,6-9H2,1-2H3. The van der Waals surface area contributed by atoms with E-state index in [9.17, 15) is 4.79 Å². The summed E-state index contributed by atoms with van der Waals surface area (Å²) in [5.41, 5.74) is 1.31. The van der Waals surface area contributed by atoms with Crippen molar-refractivity contribution in [3.8, 4) is 5.75 Å². The Balaban J connectivity index is 1.91. The van der Waals surface area contributed by atoms with Crippen LogP contribution in [0.3, 0.4) is 0 Å². The topological polar surface area (TPSA) is 69.8 Å². The van der Waals surface area contributed by atoms with Crippen molar-refractivity contribution in [3.05, 3.63) is 30.0 Å². The predicted octanol–water partition coefficient (Wildman–Crippen LogP) is 2.39. The molecule has 0 spiro atoms. The molecule has 2 aromatic rings. The van der Waals surface area contributed by atoms with Crippen molar-refractivity contribution >= 4 is 16.9 Å². The molecule has 0 atom stereocenters. The Morgan fingerprint density at radius 3 is 2.73 bits per heavy atom. The van der Waals surface area contributed by atoms with Crippen LogP contribution in [0, 0.1) is 0 Å². The van der Waals surface area contributed by atoms with Gasteiger partial charge in [0.1, 0.15) is 18.1 Å². The number of benzene rings is 1. The van der Waals surface area contributed by atoms with E-state index in [0.29, 0.717) is 38.7 Å². The first-order chi connectivity index (χ1) is 10.7. The molecule has 22 heavy (non-hydrogen) atoms. The molecule has 0 fully saturated rings. The molecule has 0 aliphatic carbocycles. The molecule has 1 N–H and O–H groups in total. The lowest BCUT2D eigenvalue weighted by Gasteiger charge is -2.07. The fourth-order valence-corrected chi connectivity index (χ4v) is 1.98. The van der Waals surface area contributed by atoms with E-state index in [1.165, 1.54) is 0 Å². The number of esters is 1. The number of hydrogen-bond donors (Lipinski definition) is 1. The van der Waals surface area contributed by atoms with Crippen LogP contribution in [-0.2, 0) is 14.2 Å². The third-order valence-corrected chi connectivity index (χ3v) is 3.02. The minimum absolute atomic E-state index is 0.353. The minimum Gasteiger partial charge on any atom is -0.491 e. The van der Waals surface area contributed by atoms with Gasteiger partial charge in [0.15, 0.2) is 0 Å². The molecule has 0 aliphatic heterocycles. The second-order valence-corrected chi connectivity index (χ2v) is 4.61. The molecule has 6 nitrogen and oxygen atoms in total. The zero-order valence-corrected chi connectivity index (χ0v) is 12.9. The molecule has 1 aromatic heterocycles. The quantitative estimate of drug-likeness (QED) is 0.569. The van der Waals surface area contributed by atoms with E-state index in [0.717, 1.165) is 16.7 Å². The Morgan fingerprint density at radius 1 is 1.14 bits per heavy atom. The van der Waals surface area contributed by atoms with Gasteiger partial charge in [-0.15, -0.1) is 0 Å². The summed E-state index contributed by atoms with van der Waals surface area (Å²) in [6, 6.07) is 7.36. The van der Waals surface area contributed by atoms with Gasteiger partial charge in [0, 0.05) is 18.0 Å². The SMILES string of the molecule is CCOC(=O)c1cc2cc(OCCOCCOC)ccc2[nH]1. The number of aromatic nitrogens is 1. The van der Waals surface area contributed by atoms with Crippen molar-refractivity contribution in [1.29, 1.82) is 0 Å². The van der Waals surface area contributed by atoms with Gasteiger partial charge in [-0.3, -0.25) is 0 Å². The van der Waals surface area contributed by atoms with Crippen LogP contribution in [0.25, 0.3) is 10.9 Å². The number of rotatable bonds is 9. The van der Waals surface area contributed by atoms with Gasteiger partial charge in [-0.05, 0) is 31.2 Å². The van der Waals surface area contributed by atoms with E-state index in [1.54, 1.807) is 20.1 Å². The average molecular weight is 307 g/mol. The molecule has 0 aliphatic rings. The van der Waals surface area contributed by atoms with E-state index in [2.05, 4.69) is 4.98 Å². The van der Waals surface area contributed by atoms with E-state index < -0.39 is 0 Å². The Morgan fingerprint density at radius 2 is 1.95 bits per heavy atom. The average Bonchev–Trinajstić information content (AvgIpc) is 2.94. The van der Waals surface area contributed by atoms with Gasteiger partial charge in [0.25, 0.3) is 0 Å². The van der Waals surface area contributed by atoms with Crippen molar-refractivity contribution in [2.45, 2.75) is 6.92 Å². The summed E-state index contributed by atoms with van der Waals surface area (Å²) in [6.45, 7) is 4.23. The molecule has 0 unspecified atom stereocenters. The van der Waals surface area contributed by atoms with Crippen molar-refractivity contribution in [3.63, 3.8) is 0 Å². The van der Waals surface area contributed by atoms with Crippen LogP contribution < -0.4 is 4.74 Å². The van der Waals surface area contributed by atoms with Crippen LogP contribution in [0.1, 0.15) is 17.4 Å². The first-order valence-corrected chi connectivity index (χ1v) is 7.24. The third-order valence-electron chi connectivity index (χ3n) is 3.02. The lowest BCUT2D eigenvalue weighted by molar-refractivity contribution is 0.0520. The lowest BCUT2D eigenvalue weighted by atomic mass is 10.2. The van der Waals surface area contributed by atoms with Gasteiger partial charge in [0.05, 0.1) is 26.4 Å². The zero-order chi connectivity index (χ0) is 15.8. The number of methoxy groups -OCH3 is 1. The summed E-state index contributed by atoms with van der Waals surface area (Å²) in [5.74, 6) is 0.380. The molecular formula is C16H21NO5. The summed E-state index contributed by atoms with van der Waals surface area (Å²) in [5, 5.41) is 0.904. The third kappa shape index (κ3) is 4.47. The van der Waals surface area contributed by atoms with Gasteiger partial charge in [-0.25, -0.2) is 4.79 Å². The summed E-state index contributed by atoms with van der Waals surface area (Å²) < 4.78 is 20.8. The van der Waals surface area contributed by atoms with Crippen LogP contribution >= 0.6 is 0 Å². The maximum atomic E-state index is 11.7. The number of nitrogens with one attached hydrogen (secondary N) is 1. The van der Waals surface area contributed by atoms with Crippen molar-refractivity contribution < 1.29 is 23.7 Å². The molecule has 2 rings (SSSR count). The van der Waals surface area contributed by atoms with E-state index in [4.69, 9.17) is 18.9 Å². The first kappa shape index (κ1) is 16.3. The van der Waals surface area contributed by atoms with Gasteiger partial charge in [-0.2, -0.15) is 0 Å². The van der Waals surface area contributed by atoms with Crippen LogP contribution in [0.15, 0.2) is 24.3 Å². The van der Waals surface area contributed by atoms with Gasteiger partial charge >= 0.3 is 5.97 Å². The highest BCUT2D eigenvalue weighted by Gasteiger charge is 2.10. The predicted molar refractivity (Wildman–Crippen MR) is 82.4 cm³/mol. The second-order valence-electron chi connectivity index (χ2n) is 4.61. The molecule has 0 saturated heterocycles. The van der Waals surface area contributed by atoms with Crippen molar-refractivity contribution in [1.82, 2.24) is 4.98 Å². The normalized spacial score (nSPS) is 10.8. The Bertz CT molecular complexity index is 608. The number of carbonyl (C=O) groups excluding carboxylic acids is 1. The Kier molecular flexibility index (Phi) is 6.24. The molecule has 0 bridgehead atoms. The molecule has 1 aromatic carbocycles. The Labute approximate surface area is 129 Å². The Hall–Kier alpha value is -2.05. The maximum absolute atomic E-state index is 11.7. The number of hydrogen-bond acceptors (Lipinski definition) is 5. The fraction of sp³-hybridized carbons (Fsp3) is 0.438. The number of aromatic amines is 1. The van der Waals surface area contributed by atoms with Crippen LogP contribution in [0.2, 0.25) is 0 Å². The molecule has 1 heterocycles. The first-order valence-electron chi connectivity index (χ1n) is 7.24. The lowest BCUT2D eigenvalue weighted by Crippen LogP contribution is -2.09. The van der Waals surface area contributed by atoms with Crippen LogP contribution in [-0.4, -0.2) is 51.1 Å².